The molecule has 1 saturated carbocycles. The van der Waals surface area contributed by atoms with E-state index < -0.39 is 0 Å². The third-order valence-electron chi connectivity index (χ3n) is 7.36. The van der Waals surface area contributed by atoms with Crippen LogP contribution in [0, 0.1) is 11.8 Å². The number of nitrogens with zero attached hydrogens (tertiary/aromatic N) is 4. The molecular formula is C26H30N6O2. The maximum atomic E-state index is 5.61. The number of nitrogens with one attached hydrogen (secondary N) is 2. The van der Waals surface area contributed by atoms with Crippen LogP contribution in [-0.4, -0.2) is 34.6 Å². The minimum atomic E-state index is 0.00715. The maximum absolute atomic E-state index is 5.61. The van der Waals surface area contributed by atoms with Gasteiger partial charge in [-0.05, 0) is 72.2 Å². The fraction of sp³-hybridized carbons (Fsp3) is 0.462. The zero-order chi connectivity index (χ0) is 22.9. The second kappa shape index (κ2) is 9.08. The maximum Gasteiger partial charge on any atom is 0.231 e. The van der Waals surface area contributed by atoms with Crippen LogP contribution in [0.5, 0.6) is 11.5 Å². The highest BCUT2D eigenvalue weighted by molar-refractivity contribution is 5.97. The number of fused-ring (bicyclic) bond motifs is 2. The van der Waals surface area contributed by atoms with Gasteiger partial charge in [0, 0.05) is 5.69 Å². The molecule has 3 aliphatic rings. The largest absolute Gasteiger partial charge is 0.454 e. The van der Waals surface area contributed by atoms with Gasteiger partial charge in [-0.25, -0.2) is 4.98 Å². The Hall–Kier alpha value is -3.42. The van der Waals surface area contributed by atoms with Gasteiger partial charge in [-0.2, -0.15) is 5.11 Å². The van der Waals surface area contributed by atoms with Crippen molar-refractivity contribution in [2.45, 2.75) is 57.5 Å². The third kappa shape index (κ3) is 4.13. The van der Waals surface area contributed by atoms with Crippen molar-refractivity contribution in [2.75, 3.05) is 12.1 Å². The number of hydrogen-bond donors (Lipinski definition) is 2. The van der Waals surface area contributed by atoms with Crippen LogP contribution in [-0.2, 0) is 6.42 Å². The summed E-state index contributed by atoms with van der Waals surface area (Å²) in [5, 5.41) is 17.2. The first-order valence-electron chi connectivity index (χ1n) is 12.3. The van der Waals surface area contributed by atoms with Crippen molar-refractivity contribution in [3.05, 3.63) is 48.3 Å². The van der Waals surface area contributed by atoms with E-state index in [0.717, 1.165) is 40.4 Å². The first kappa shape index (κ1) is 21.1. The van der Waals surface area contributed by atoms with E-state index in [0.29, 0.717) is 5.92 Å². The highest BCUT2D eigenvalue weighted by Gasteiger charge is 2.37. The summed E-state index contributed by atoms with van der Waals surface area (Å²) in [4.78, 5) is 7.56. The zero-order valence-electron chi connectivity index (χ0n) is 19.4. The van der Waals surface area contributed by atoms with Crippen LogP contribution in [0.1, 0.15) is 44.6 Å². The molecule has 34 heavy (non-hydrogen) atoms. The number of hydrogen-bond acceptors (Lipinski definition) is 7. The Kier molecular flexibility index (Phi) is 5.65. The SMILES string of the molecule is CC(Cc1ccc2c(c1)OCO2)C(Nc1ccc2nc[nH]c2c1)C1=NN=NC1C1CCCCC1. The Balaban J connectivity index is 1.28. The molecule has 3 unspecified atom stereocenters. The first-order valence-corrected chi connectivity index (χ1v) is 12.3. The molecule has 8 nitrogen and oxygen atoms in total. The van der Waals surface area contributed by atoms with E-state index in [9.17, 15) is 0 Å². The second-order valence-corrected chi connectivity index (χ2v) is 9.70. The van der Waals surface area contributed by atoms with E-state index in [1.807, 2.05) is 12.1 Å². The van der Waals surface area contributed by atoms with Gasteiger partial charge in [0.2, 0.25) is 6.79 Å². The normalized spacial score (nSPS) is 21.6. The van der Waals surface area contributed by atoms with Gasteiger partial charge in [-0.15, -0.1) is 5.10 Å². The van der Waals surface area contributed by atoms with Crippen LogP contribution in [0.3, 0.4) is 0 Å². The lowest BCUT2D eigenvalue weighted by Gasteiger charge is -2.32. The fourth-order valence-electron chi connectivity index (χ4n) is 5.55. The molecule has 176 valence electrons. The van der Waals surface area contributed by atoms with Gasteiger partial charge in [0.15, 0.2) is 11.5 Å². The standard InChI is InChI=1S/C26H30N6O2/c1-16(11-17-7-10-22-23(12-17)34-15-33-22)24(29-19-8-9-20-21(13-19)28-14-27-20)26-25(30-32-31-26)18-5-3-2-4-6-18/h7-10,12-14,16,18,24-25,29H,2-6,11,15H2,1H3,(H,27,28). The van der Waals surface area contributed by atoms with E-state index >= 15 is 0 Å². The van der Waals surface area contributed by atoms with Crippen LogP contribution in [0.4, 0.5) is 5.69 Å². The van der Waals surface area contributed by atoms with Crippen LogP contribution >= 0.6 is 0 Å². The number of H-pyrrole nitrogens is 1. The highest BCUT2D eigenvalue weighted by Crippen LogP contribution is 2.36. The Bertz CT molecular complexity index is 1230. The lowest BCUT2D eigenvalue weighted by molar-refractivity contribution is 0.174. The van der Waals surface area contributed by atoms with Crippen molar-refractivity contribution in [3.8, 4) is 11.5 Å². The molecule has 2 aromatic carbocycles. The first-order chi connectivity index (χ1) is 16.7. The predicted molar refractivity (Wildman–Crippen MR) is 132 cm³/mol. The Morgan fingerprint density at radius 1 is 1.06 bits per heavy atom. The lowest BCUT2D eigenvalue weighted by atomic mass is 9.78. The lowest BCUT2D eigenvalue weighted by Crippen LogP contribution is -2.44. The molecule has 1 aliphatic carbocycles. The number of ether oxygens (including phenoxy) is 2. The summed E-state index contributed by atoms with van der Waals surface area (Å²) < 4.78 is 11.1. The molecule has 6 rings (SSSR count). The number of benzene rings is 2. The molecule has 1 fully saturated rings. The highest BCUT2D eigenvalue weighted by atomic mass is 16.7. The molecule has 8 heteroatoms. The molecular weight excluding hydrogens is 428 g/mol. The van der Waals surface area contributed by atoms with Crippen molar-refractivity contribution in [1.29, 1.82) is 0 Å². The van der Waals surface area contributed by atoms with Crippen molar-refractivity contribution < 1.29 is 9.47 Å². The van der Waals surface area contributed by atoms with Crippen LogP contribution in [0.15, 0.2) is 58.2 Å². The third-order valence-corrected chi connectivity index (χ3v) is 7.36. The van der Waals surface area contributed by atoms with Crippen LogP contribution in [0.2, 0.25) is 0 Å². The average molecular weight is 459 g/mol. The average Bonchev–Trinajstić information content (AvgIpc) is 3.63. The van der Waals surface area contributed by atoms with Crippen LogP contribution < -0.4 is 14.8 Å². The molecule has 0 amide bonds. The summed E-state index contributed by atoms with van der Waals surface area (Å²) in [6.45, 7) is 2.56. The number of imidazole rings is 1. The van der Waals surface area contributed by atoms with E-state index in [2.05, 4.69) is 61.9 Å². The summed E-state index contributed by atoms with van der Waals surface area (Å²) in [5.74, 6) is 2.42. The van der Waals surface area contributed by atoms with Gasteiger partial charge in [0.25, 0.3) is 0 Å². The minimum absolute atomic E-state index is 0.00715. The van der Waals surface area contributed by atoms with Gasteiger partial charge in [-0.1, -0.05) is 32.3 Å². The number of aromatic amines is 1. The van der Waals surface area contributed by atoms with Crippen molar-refractivity contribution in [3.63, 3.8) is 0 Å². The molecule has 0 radical (unpaired) electrons. The number of rotatable bonds is 7. The molecule has 3 atom stereocenters. The molecule has 2 aliphatic heterocycles. The monoisotopic (exact) mass is 458 g/mol. The number of aromatic nitrogens is 2. The van der Waals surface area contributed by atoms with Crippen LogP contribution in [0.25, 0.3) is 11.0 Å². The summed E-state index contributed by atoms with van der Waals surface area (Å²) in [6, 6.07) is 12.5. The molecule has 1 aromatic heterocycles. The topological polar surface area (TPSA) is 96.2 Å². The molecule has 2 N–H and O–H groups in total. The van der Waals surface area contributed by atoms with Gasteiger partial charge in [0.05, 0.1) is 29.1 Å². The Labute approximate surface area is 198 Å². The summed E-state index contributed by atoms with van der Waals surface area (Å²) in [6.07, 6.45) is 8.86. The summed E-state index contributed by atoms with van der Waals surface area (Å²) in [5.41, 5.74) is 5.29. The van der Waals surface area contributed by atoms with E-state index in [1.165, 1.54) is 37.7 Å². The van der Waals surface area contributed by atoms with Gasteiger partial charge in [0.1, 0.15) is 6.04 Å². The quantitative estimate of drug-likeness (QED) is 0.473. The molecule has 0 spiro atoms. The predicted octanol–water partition coefficient (Wildman–Crippen LogP) is 5.72. The summed E-state index contributed by atoms with van der Waals surface area (Å²) >= 11 is 0. The van der Waals surface area contributed by atoms with Crippen molar-refractivity contribution >= 4 is 22.4 Å². The zero-order valence-corrected chi connectivity index (χ0v) is 19.4. The smallest absolute Gasteiger partial charge is 0.231 e. The number of anilines is 1. The van der Waals surface area contributed by atoms with Crippen molar-refractivity contribution in [1.82, 2.24) is 9.97 Å². The molecule has 3 aromatic rings. The van der Waals surface area contributed by atoms with Gasteiger partial charge < -0.3 is 19.8 Å². The Morgan fingerprint density at radius 3 is 2.85 bits per heavy atom. The minimum Gasteiger partial charge on any atom is -0.454 e. The van der Waals surface area contributed by atoms with E-state index in [1.54, 1.807) is 6.33 Å². The molecule has 0 bridgehead atoms. The molecule has 0 saturated heterocycles. The Morgan fingerprint density at radius 2 is 1.94 bits per heavy atom. The van der Waals surface area contributed by atoms with Gasteiger partial charge >= 0.3 is 0 Å². The summed E-state index contributed by atoms with van der Waals surface area (Å²) in [7, 11) is 0. The van der Waals surface area contributed by atoms with E-state index in [-0.39, 0.29) is 24.8 Å². The van der Waals surface area contributed by atoms with Crippen molar-refractivity contribution in [2.24, 2.45) is 27.3 Å². The van der Waals surface area contributed by atoms with Gasteiger partial charge in [-0.3, -0.25) is 0 Å². The second-order valence-electron chi connectivity index (χ2n) is 9.70. The van der Waals surface area contributed by atoms with E-state index in [4.69, 9.17) is 9.47 Å². The fourth-order valence-corrected chi connectivity index (χ4v) is 5.55. The molecule has 3 heterocycles.